The van der Waals surface area contributed by atoms with Gasteiger partial charge in [0.15, 0.2) is 0 Å². The summed E-state index contributed by atoms with van der Waals surface area (Å²) in [7, 11) is 1.69. The predicted molar refractivity (Wildman–Crippen MR) is 84.4 cm³/mol. The molecule has 3 nitrogen and oxygen atoms in total. The van der Waals surface area contributed by atoms with E-state index in [1.54, 1.807) is 7.11 Å². The normalized spacial score (nSPS) is 21.7. The summed E-state index contributed by atoms with van der Waals surface area (Å²) in [4.78, 5) is 2.47. The molecule has 0 bridgehead atoms. The van der Waals surface area contributed by atoms with Gasteiger partial charge in [-0.15, -0.1) is 0 Å². The quantitative estimate of drug-likeness (QED) is 0.904. The number of methoxy groups -OCH3 is 1. The van der Waals surface area contributed by atoms with Crippen LogP contribution in [0.1, 0.15) is 37.8 Å². The molecule has 112 valence electrons. The third kappa shape index (κ3) is 3.27. The van der Waals surface area contributed by atoms with Crippen LogP contribution in [0, 0.1) is 5.92 Å². The van der Waals surface area contributed by atoms with E-state index in [0.717, 1.165) is 35.3 Å². The first-order valence-electron chi connectivity index (χ1n) is 7.47. The Kier molecular flexibility index (Phi) is 5.70. The Morgan fingerprint density at radius 1 is 1.50 bits per heavy atom. The molecule has 2 rings (SSSR count). The Bertz CT molecular complexity index is 438. The van der Waals surface area contributed by atoms with Crippen molar-refractivity contribution in [3.63, 3.8) is 0 Å². The van der Waals surface area contributed by atoms with Crippen LogP contribution in [0.5, 0.6) is 5.75 Å². The molecule has 1 aliphatic heterocycles. The van der Waals surface area contributed by atoms with Crippen molar-refractivity contribution in [2.45, 2.75) is 32.2 Å². The molecule has 2 N–H and O–H groups in total. The Labute approximate surface area is 127 Å². The Balaban J connectivity index is 2.28. The van der Waals surface area contributed by atoms with Crippen LogP contribution in [0.25, 0.3) is 0 Å². The number of nitrogens with zero attached hydrogens (tertiary/aromatic N) is 1. The number of benzene rings is 1. The first-order chi connectivity index (χ1) is 9.71. The van der Waals surface area contributed by atoms with Crippen LogP contribution in [0.3, 0.4) is 0 Å². The van der Waals surface area contributed by atoms with Gasteiger partial charge in [0.05, 0.1) is 13.2 Å². The molecule has 0 saturated carbocycles. The van der Waals surface area contributed by atoms with E-state index in [0.29, 0.717) is 6.54 Å². The molecule has 0 radical (unpaired) electrons. The van der Waals surface area contributed by atoms with Crippen molar-refractivity contribution in [1.29, 1.82) is 0 Å². The molecule has 4 heteroatoms. The number of hydrogen-bond acceptors (Lipinski definition) is 3. The molecular formula is C16H25ClN2O. The number of nitrogens with two attached hydrogens (primary N) is 1. The summed E-state index contributed by atoms with van der Waals surface area (Å²) in [6.45, 7) is 5.03. The zero-order valence-corrected chi connectivity index (χ0v) is 13.2. The van der Waals surface area contributed by atoms with Gasteiger partial charge in [0, 0.05) is 23.7 Å². The topological polar surface area (TPSA) is 38.5 Å². The summed E-state index contributed by atoms with van der Waals surface area (Å²) in [5.74, 6) is 1.61. The fourth-order valence-electron chi connectivity index (χ4n) is 3.18. The first kappa shape index (κ1) is 15.6. The minimum Gasteiger partial charge on any atom is -0.496 e. The smallest absolute Gasteiger partial charge is 0.125 e. The van der Waals surface area contributed by atoms with E-state index in [2.05, 4.69) is 11.8 Å². The van der Waals surface area contributed by atoms with Gasteiger partial charge in [-0.05, 0) is 37.4 Å². The second-order valence-electron chi connectivity index (χ2n) is 5.52. The van der Waals surface area contributed by atoms with Gasteiger partial charge in [0.1, 0.15) is 5.75 Å². The number of likely N-dealkylation sites (tertiary alicyclic amines) is 1. The highest BCUT2D eigenvalue weighted by molar-refractivity contribution is 6.31. The summed E-state index contributed by atoms with van der Waals surface area (Å²) >= 11 is 6.41. The molecule has 0 spiro atoms. The van der Waals surface area contributed by atoms with E-state index in [9.17, 15) is 0 Å². The van der Waals surface area contributed by atoms with E-state index in [1.165, 1.54) is 19.3 Å². The maximum absolute atomic E-state index is 6.41. The number of piperidine rings is 1. The second kappa shape index (κ2) is 7.30. The van der Waals surface area contributed by atoms with Gasteiger partial charge >= 0.3 is 0 Å². The van der Waals surface area contributed by atoms with Crippen molar-refractivity contribution < 1.29 is 4.74 Å². The van der Waals surface area contributed by atoms with Gasteiger partial charge in [-0.25, -0.2) is 0 Å². The number of halogens is 1. The second-order valence-corrected chi connectivity index (χ2v) is 5.93. The van der Waals surface area contributed by atoms with Gasteiger partial charge in [0.25, 0.3) is 0 Å². The van der Waals surface area contributed by atoms with Crippen LogP contribution < -0.4 is 10.5 Å². The average molecular weight is 297 g/mol. The van der Waals surface area contributed by atoms with Crippen molar-refractivity contribution in [3.8, 4) is 5.75 Å². The standard InChI is InChI=1S/C16H25ClN2O/c1-3-12-6-5-9-19(11-12)14(10-18)16-13(17)7-4-8-15(16)20-2/h4,7-8,12,14H,3,5-6,9-11,18H2,1-2H3. The molecule has 2 unspecified atom stereocenters. The zero-order chi connectivity index (χ0) is 14.5. The molecule has 1 heterocycles. The minimum absolute atomic E-state index is 0.146. The molecule has 1 aromatic carbocycles. The van der Waals surface area contributed by atoms with Gasteiger partial charge in [-0.3, -0.25) is 4.90 Å². The monoisotopic (exact) mass is 296 g/mol. The lowest BCUT2D eigenvalue weighted by Gasteiger charge is -2.38. The highest BCUT2D eigenvalue weighted by Gasteiger charge is 2.28. The zero-order valence-electron chi connectivity index (χ0n) is 12.4. The largest absolute Gasteiger partial charge is 0.496 e. The maximum atomic E-state index is 6.41. The van der Waals surface area contributed by atoms with E-state index in [-0.39, 0.29) is 6.04 Å². The Morgan fingerprint density at radius 2 is 2.30 bits per heavy atom. The molecule has 0 amide bonds. The fraction of sp³-hybridized carbons (Fsp3) is 0.625. The fourth-order valence-corrected chi connectivity index (χ4v) is 3.47. The van der Waals surface area contributed by atoms with Crippen LogP contribution in [-0.4, -0.2) is 31.6 Å². The number of hydrogen-bond donors (Lipinski definition) is 1. The summed E-state index contributed by atoms with van der Waals surface area (Å²) < 4.78 is 5.49. The summed E-state index contributed by atoms with van der Waals surface area (Å²) in [5, 5.41) is 0.749. The molecule has 20 heavy (non-hydrogen) atoms. The summed E-state index contributed by atoms with van der Waals surface area (Å²) in [6, 6.07) is 5.95. The molecule has 0 aliphatic carbocycles. The van der Waals surface area contributed by atoms with Crippen LogP contribution in [0.15, 0.2) is 18.2 Å². The lowest BCUT2D eigenvalue weighted by atomic mass is 9.92. The first-order valence-corrected chi connectivity index (χ1v) is 7.85. The van der Waals surface area contributed by atoms with Gasteiger partial charge < -0.3 is 10.5 Å². The average Bonchev–Trinajstić information content (AvgIpc) is 2.49. The molecule has 2 atom stereocenters. The van der Waals surface area contributed by atoms with E-state index < -0.39 is 0 Å². The molecule has 0 aromatic heterocycles. The van der Waals surface area contributed by atoms with Gasteiger partial charge in [-0.1, -0.05) is 31.0 Å². The van der Waals surface area contributed by atoms with Crippen LogP contribution in [-0.2, 0) is 0 Å². The third-order valence-electron chi connectivity index (χ3n) is 4.36. The van der Waals surface area contributed by atoms with Gasteiger partial charge in [-0.2, -0.15) is 0 Å². The highest BCUT2D eigenvalue weighted by atomic mass is 35.5. The van der Waals surface area contributed by atoms with Crippen molar-refractivity contribution in [3.05, 3.63) is 28.8 Å². The van der Waals surface area contributed by atoms with Crippen molar-refractivity contribution in [2.75, 3.05) is 26.7 Å². The minimum atomic E-state index is 0.146. The maximum Gasteiger partial charge on any atom is 0.125 e. The Hall–Kier alpha value is -0.770. The van der Waals surface area contributed by atoms with Crippen molar-refractivity contribution in [1.82, 2.24) is 4.90 Å². The van der Waals surface area contributed by atoms with Gasteiger partial charge in [0.2, 0.25) is 0 Å². The molecule has 1 saturated heterocycles. The number of ether oxygens (including phenoxy) is 1. The molecule has 1 aliphatic rings. The molecule has 1 aromatic rings. The summed E-state index contributed by atoms with van der Waals surface area (Å²) in [6.07, 6.45) is 3.79. The van der Waals surface area contributed by atoms with Crippen LogP contribution in [0.2, 0.25) is 5.02 Å². The lowest BCUT2D eigenvalue weighted by molar-refractivity contribution is 0.122. The van der Waals surface area contributed by atoms with E-state index in [4.69, 9.17) is 22.1 Å². The Morgan fingerprint density at radius 3 is 2.95 bits per heavy atom. The predicted octanol–water partition coefficient (Wildman–Crippen LogP) is 3.47. The van der Waals surface area contributed by atoms with Crippen molar-refractivity contribution >= 4 is 11.6 Å². The van der Waals surface area contributed by atoms with Crippen molar-refractivity contribution in [2.24, 2.45) is 11.7 Å². The lowest BCUT2D eigenvalue weighted by Crippen LogP contribution is -2.41. The summed E-state index contributed by atoms with van der Waals surface area (Å²) in [5.41, 5.74) is 7.10. The third-order valence-corrected chi connectivity index (χ3v) is 4.69. The molecular weight excluding hydrogens is 272 g/mol. The van der Waals surface area contributed by atoms with Crippen LogP contribution in [0.4, 0.5) is 0 Å². The van der Waals surface area contributed by atoms with E-state index in [1.807, 2.05) is 18.2 Å². The highest BCUT2D eigenvalue weighted by Crippen LogP contribution is 2.36. The SMILES string of the molecule is CCC1CCCN(C(CN)c2c(Cl)cccc2OC)C1. The molecule has 1 fully saturated rings. The van der Waals surface area contributed by atoms with E-state index >= 15 is 0 Å². The number of rotatable bonds is 5. The van der Waals surface area contributed by atoms with Crippen LogP contribution >= 0.6 is 11.6 Å².